The summed E-state index contributed by atoms with van der Waals surface area (Å²) in [5.41, 5.74) is 1.50. The number of carbonyl (C=O) groups is 1. The molecule has 0 aliphatic carbocycles. The van der Waals surface area contributed by atoms with E-state index >= 15 is 0 Å². The van der Waals surface area contributed by atoms with Gasteiger partial charge in [-0.3, -0.25) is 9.89 Å². The maximum atomic E-state index is 12.3. The van der Waals surface area contributed by atoms with Crippen molar-refractivity contribution in [2.45, 2.75) is 25.2 Å². The van der Waals surface area contributed by atoms with Crippen LogP contribution >= 0.6 is 11.3 Å². The van der Waals surface area contributed by atoms with E-state index in [1.165, 1.54) is 0 Å². The zero-order chi connectivity index (χ0) is 14.7. The lowest BCUT2D eigenvalue weighted by molar-refractivity contribution is 0.0950. The second-order valence-electron chi connectivity index (χ2n) is 5.24. The summed E-state index contributed by atoms with van der Waals surface area (Å²) in [7, 11) is 0. The van der Waals surface area contributed by atoms with Crippen LogP contribution in [0.1, 0.15) is 46.2 Å². The van der Waals surface area contributed by atoms with Crippen LogP contribution in [0.3, 0.4) is 0 Å². The van der Waals surface area contributed by atoms with E-state index < -0.39 is 0 Å². The van der Waals surface area contributed by atoms with Gasteiger partial charge in [0.2, 0.25) is 0 Å². The maximum Gasteiger partial charge on any atom is 0.254 e. The van der Waals surface area contributed by atoms with Crippen molar-refractivity contribution in [1.82, 2.24) is 20.5 Å². The summed E-state index contributed by atoms with van der Waals surface area (Å²) in [6, 6.07) is 0. The quantitative estimate of drug-likeness (QED) is 0.884. The predicted molar refractivity (Wildman–Crippen MR) is 79.6 cm³/mol. The molecule has 0 radical (unpaired) electrons. The lowest BCUT2D eigenvalue weighted by Crippen LogP contribution is -2.28. The normalized spacial score (nSPS) is 19.6. The van der Waals surface area contributed by atoms with Crippen molar-refractivity contribution in [3.8, 4) is 0 Å². The fraction of sp³-hybridized carbons (Fsp3) is 0.500. The van der Waals surface area contributed by atoms with Crippen LogP contribution in [0, 0.1) is 0 Å². The molecule has 0 bridgehead atoms. The van der Waals surface area contributed by atoms with Crippen LogP contribution < -0.4 is 5.32 Å². The fourth-order valence-electron chi connectivity index (χ4n) is 2.46. The molecule has 0 saturated carbocycles. The number of H-pyrrole nitrogens is 1. The Bertz CT molecular complexity index is 590. The number of aromatic nitrogens is 3. The highest BCUT2D eigenvalue weighted by molar-refractivity contribution is 7.09. The van der Waals surface area contributed by atoms with Gasteiger partial charge < -0.3 is 10.1 Å². The van der Waals surface area contributed by atoms with E-state index in [0.29, 0.717) is 18.7 Å². The zero-order valence-electron chi connectivity index (χ0n) is 11.8. The average molecular weight is 306 g/mol. The molecule has 3 heterocycles. The van der Waals surface area contributed by atoms with E-state index in [1.54, 1.807) is 23.7 Å². The summed E-state index contributed by atoms with van der Waals surface area (Å²) in [5, 5.41) is 12.9. The van der Waals surface area contributed by atoms with Gasteiger partial charge in [-0.05, 0) is 6.42 Å². The van der Waals surface area contributed by atoms with E-state index in [9.17, 15) is 4.79 Å². The number of nitrogens with one attached hydrogen (secondary N) is 2. The lowest BCUT2D eigenvalue weighted by atomic mass is 10.0. The zero-order valence-corrected chi connectivity index (χ0v) is 12.7. The molecule has 7 heteroatoms. The molecule has 6 nitrogen and oxygen atoms in total. The van der Waals surface area contributed by atoms with Crippen molar-refractivity contribution in [2.75, 3.05) is 19.8 Å². The topological polar surface area (TPSA) is 79.9 Å². The molecule has 1 aliphatic heterocycles. The third-order valence-electron chi connectivity index (χ3n) is 3.69. The van der Waals surface area contributed by atoms with E-state index in [2.05, 4.69) is 27.4 Å². The number of rotatable bonds is 5. The summed E-state index contributed by atoms with van der Waals surface area (Å²) >= 11 is 1.61. The minimum absolute atomic E-state index is 0.0888. The van der Waals surface area contributed by atoms with Gasteiger partial charge >= 0.3 is 0 Å². The number of nitrogens with zero attached hydrogens (tertiary/aromatic N) is 2. The predicted octanol–water partition coefficient (Wildman–Crippen LogP) is 1.90. The molecule has 1 amide bonds. The molecule has 21 heavy (non-hydrogen) atoms. The van der Waals surface area contributed by atoms with Crippen molar-refractivity contribution in [3.63, 3.8) is 0 Å². The first-order chi connectivity index (χ1) is 10.3. The summed E-state index contributed by atoms with van der Waals surface area (Å²) in [6.07, 6.45) is 4.31. The molecule has 2 aromatic heterocycles. The lowest BCUT2D eigenvalue weighted by Gasteiger charge is -2.11. The molecule has 0 aromatic carbocycles. The average Bonchev–Trinajstić information content (AvgIpc) is 3.25. The molecule has 1 fully saturated rings. The van der Waals surface area contributed by atoms with Gasteiger partial charge in [-0.25, -0.2) is 4.98 Å². The first kappa shape index (κ1) is 14.2. The number of carbonyl (C=O) groups excluding carboxylic acids is 1. The van der Waals surface area contributed by atoms with Gasteiger partial charge in [0.15, 0.2) is 0 Å². The first-order valence-electron chi connectivity index (χ1n) is 7.04. The number of amides is 1. The SMILES string of the molecule is C[C@H](CNC(=O)c1cn[nH]c1[C@H]1CCOC1)c1nccs1. The Kier molecular flexibility index (Phi) is 4.31. The highest BCUT2D eigenvalue weighted by Crippen LogP contribution is 2.26. The number of thiazole rings is 1. The van der Waals surface area contributed by atoms with Crippen LogP contribution in [0.25, 0.3) is 0 Å². The molecule has 2 aromatic rings. The van der Waals surface area contributed by atoms with Crippen molar-refractivity contribution in [2.24, 2.45) is 0 Å². The molecular weight excluding hydrogens is 288 g/mol. The van der Waals surface area contributed by atoms with E-state index in [-0.39, 0.29) is 17.7 Å². The van der Waals surface area contributed by atoms with Gasteiger partial charge in [0.05, 0.1) is 29.1 Å². The summed E-state index contributed by atoms with van der Waals surface area (Å²) < 4.78 is 5.38. The van der Waals surface area contributed by atoms with Gasteiger partial charge in [0.1, 0.15) is 0 Å². The Labute approximate surface area is 126 Å². The molecule has 1 saturated heterocycles. The summed E-state index contributed by atoms with van der Waals surface area (Å²) in [6.45, 7) is 4.02. The van der Waals surface area contributed by atoms with Crippen LogP contribution in [0.4, 0.5) is 0 Å². The van der Waals surface area contributed by atoms with Crippen LogP contribution in [0.15, 0.2) is 17.8 Å². The monoisotopic (exact) mass is 306 g/mol. The Morgan fingerprint density at radius 3 is 3.29 bits per heavy atom. The third-order valence-corrected chi connectivity index (χ3v) is 4.70. The van der Waals surface area contributed by atoms with Crippen molar-refractivity contribution in [1.29, 1.82) is 0 Å². The molecular formula is C14H18N4O2S. The molecule has 2 N–H and O–H groups in total. The van der Waals surface area contributed by atoms with Gasteiger partial charge in [-0.2, -0.15) is 5.10 Å². The van der Waals surface area contributed by atoms with Gasteiger partial charge in [0.25, 0.3) is 5.91 Å². The smallest absolute Gasteiger partial charge is 0.254 e. The largest absolute Gasteiger partial charge is 0.381 e. The highest BCUT2D eigenvalue weighted by atomic mass is 32.1. The van der Waals surface area contributed by atoms with Gasteiger partial charge in [0, 0.05) is 36.6 Å². The van der Waals surface area contributed by atoms with Gasteiger partial charge in [-0.15, -0.1) is 11.3 Å². The molecule has 0 unspecified atom stereocenters. The molecule has 3 rings (SSSR count). The Balaban J connectivity index is 1.62. The number of hydrogen-bond acceptors (Lipinski definition) is 5. The number of aromatic amines is 1. The first-order valence-corrected chi connectivity index (χ1v) is 7.92. The van der Waals surface area contributed by atoms with Crippen molar-refractivity contribution in [3.05, 3.63) is 34.0 Å². The highest BCUT2D eigenvalue weighted by Gasteiger charge is 2.25. The molecule has 0 spiro atoms. The van der Waals surface area contributed by atoms with Crippen LogP contribution in [0.5, 0.6) is 0 Å². The summed E-state index contributed by atoms with van der Waals surface area (Å²) in [4.78, 5) is 16.6. The van der Waals surface area contributed by atoms with E-state index in [0.717, 1.165) is 23.7 Å². The van der Waals surface area contributed by atoms with E-state index in [4.69, 9.17) is 4.74 Å². The third kappa shape index (κ3) is 3.14. The van der Waals surface area contributed by atoms with Crippen molar-refractivity contribution < 1.29 is 9.53 Å². The Morgan fingerprint density at radius 2 is 2.57 bits per heavy atom. The minimum atomic E-state index is -0.0888. The Morgan fingerprint density at radius 1 is 1.67 bits per heavy atom. The van der Waals surface area contributed by atoms with Crippen LogP contribution in [0.2, 0.25) is 0 Å². The molecule has 112 valence electrons. The van der Waals surface area contributed by atoms with E-state index in [1.807, 2.05) is 5.38 Å². The van der Waals surface area contributed by atoms with Crippen LogP contribution in [-0.4, -0.2) is 40.8 Å². The minimum Gasteiger partial charge on any atom is -0.381 e. The standard InChI is InChI=1S/C14H18N4O2S/c1-9(14-15-3-5-21-14)6-16-13(19)11-7-17-18-12(11)10-2-4-20-8-10/h3,5,7,9-10H,2,4,6,8H2,1H3,(H,16,19)(H,17,18)/t9-,10+/m1/s1. The van der Waals surface area contributed by atoms with Gasteiger partial charge in [-0.1, -0.05) is 6.92 Å². The second-order valence-corrected chi connectivity index (χ2v) is 6.17. The number of hydrogen-bond donors (Lipinski definition) is 2. The molecule has 1 aliphatic rings. The maximum absolute atomic E-state index is 12.3. The number of ether oxygens (including phenoxy) is 1. The molecule has 2 atom stereocenters. The summed E-state index contributed by atoms with van der Waals surface area (Å²) in [5.74, 6) is 0.359. The Hall–Kier alpha value is -1.73. The van der Waals surface area contributed by atoms with Crippen LogP contribution in [-0.2, 0) is 4.74 Å². The second kappa shape index (κ2) is 6.36. The fourth-order valence-corrected chi connectivity index (χ4v) is 3.16. The van der Waals surface area contributed by atoms with Crippen molar-refractivity contribution >= 4 is 17.2 Å².